The molecule has 3 aromatic rings. The van der Waals surface area contributed by atoms with Gasteiger partial charge in [-0.25, -0.2) is 9.18 Å². The van der Waals surface area contributed by atoms with Gasteiger partial charge in [-0.2, -0.15) is 0 Å². The number of hydrogen-bond donors (Lipinski definition) is 1. The molecule has 2 aliphatic rings. The molecule has 3 heterocycles. The number of likely N-dealkylation sites (tertiary alicyclic amines) is 2. The molecule has 2 fully saturated rings. The van der Waals surface area contributed by atoms with Crippen molar-refractivity contribution in [3.8, 4) is 11.5 Å². The number of amides is 2. The predicted molar refractivity (Wildman–Crippen MR) is 150 cm³/mol. The van der Waals surface area contributed by atoms with E-state index in [1.54, 1.807) is 10.3 Å². The average molecular weight is 593 g/mol. The Hall–Kier alpha value is -2.85. The topological polar surface area (TPSA) is 71.1 Å². The molecule has 2 amide bonds. The summed E-state index contributed by atoms with van der Waals surface area (Å²) in [5, 5.41) is 4.76. The number of carbonyl (C=O) groups is 2. The van der Waals surface area contributed by atoms with Crippen molar-refractivity contribution in [2.75, 3.05) is 39.8 Å². The van der Waals surface area contributed by atoms with Crippen LogP contribution in [0.3, 0.4) is 0 Å². The summed E-state index contributed by atoms with van der Waals surface area (Å²) in [5.74, 6) is 0.285. The fourth-order valence-corrected chi connectivity index (χ4v) is 6.65. The molecule has 1 N–H and O–H groups in total. The number of hydrogen-bond acceptors (Lipinski definition) is 6. The third-order valence-electron chi connectivity index (χ3n) is 7.33. The van der Waals surface area contributed by atoms with E-state index in [0.29, 0.717) is 41.4 Å². The Balaban J connectivity index is 1.18. The second-order valence-corrected chi connectivity index (χ2v) is 11.7. The highest BCUT2D eigenvalue weighted by molar-refractivity contribution is 7.15. The first-order valence-corrected chi connectivity index (χ1v) is 14.3. The zero-order chi connectivity index (χ0) is 27.5. The molecular formula is C28H28Cl2FN3O4S. The molecule has 3 atom stereocenters. The SMILES string of the molecule is COc1c(OC(=O)NC(CCN2CC3CN(C(=O)c4c(F)cccc4Cl)C[C@@H]3C2)c2ccccc2)csc1Cl. The number of ether oxygens (including phenoxy) is 2. The molecule has 1 aromatic heterocycles. The first-order chi connectivity index (χ1) is 18.8. The summed E-state index contributed by atoms with van der Waals surface area (Å²) in [4.78, 5) is 29.8. The van der Waals surface area contributed by atoms with Crippen molar-refractivity contribution in [2.45, 2.75) is 12.5 Å². The first kappa shape index (κ1) is 27.7. The van der Waals surface area contributed by atoms with Gasteiger partial charge < -0.3 is 24.6 Å². The lowest BCUT2D eigenvalue weighted by Crippen LogP contribution is -2.36. The van der Waals surface area contributed by atoms with Crippen LogP contribution in [-0.4, -0.2) is 61.6 Å². The maximum absolute atomic E-state index is 14.3. The number of fused-ring (bicyclic) bond motifs is 1. The van der Waals surface area contributed by atoms with E-state index in [-0.39, 0.29) is 28.3 Å². The molecule has 5 rings (SSSR count). The van der Waals surface area contributed by atoms with Gasteiger partial charge in [0.15, 0.2) is 11.5 Å². The quantitative estimate of drug-likeness (QED) is 0.341. The summed E-state index contributed by atoms with van der Waals surface area (Å²) < 4.78 is 25.4. The minimum atomic E-state index is -0.593. The largest absolute Gasteiger partial charge is 0.491 e. The van der Waals surface area contributed by atoms with Crippen LogP contribution in [0.1, 0.15) is 28.4 Å². The lowest BCUT2D eigenvalue weighted by atomic mass is 10.0. The maximum atomic E-state index is 14.3. The molecule has 2 aromatic carbocycles. The fourth-order valence-electron chi connectivity index (χ4n) is 5.45. The van der Waals surface area contributed by atoms with Gasteiger partial charge >= 0.3 is 6.09 Å². The second-order valence-electron chi connectivity index (χ2n) is 9.78. The molecule has 0 spiro atoms. The number of methoxy groups -OCH3 is 1. The minimum Gasteiger partial charge on any atom is -0.491 e. The van der Waals surface area contributed by atoms with Gasteiger partial charge in [0, 0.05) is 38.1 Å². The first-order valence-electron chi connectivity index (χ1n) is 12.6. The number of thiophene rings is 1. The van der Waals surface area contributed by atoms with E-state index >= 15 is 0 Å². The van der Waals surface area contributed by atoms with Gasteiger partial charge in [0.25, 0.3) is 5.91 Å². The van der Waals surface area contributed by atoms with Crippen molar-refractivity contribution in [2.24, 2.45) is 11.8 Å². The van der Waals surface area contributed by atoms with Crippen molar-refractivity contribution < 1.29 is 23.5 Å². The van der Waals surface area contributed by atoms with Crippen LogP contribution in [0.5, 0.6) is 11.5 Å². The van der Waals surface area contributed by atoms with E-state index in [2.05, 4.69) is 10.2 Å². The predicted octanol–water partition coefficient (Wildman–Crippen LogP) is 6.13. The Kier molecular flexibility index (Phi) is 8.61. The highest BCUT2D eigenvalue weighted by Gasteiger charge is 2.42. The summed E-state index contributed by atoms with van der Waals surface area (Å²) in [6, 6.07) is 13.8. The smallest absolute Gasteiger partial charge is 0.413 e. The molecule has 11 heteroatoms. The van der Waals surface area contributed by atoms with E-state index in [9.17, 15) is 14.0 Å². The van der Waals surface area contributed by atoms with Gasteiger partial charge in [-0.15, -0.1) is 11.3 Å². The third-order valence-corrected chi connectivity index (χ3v) is 8.81. The van der Waals surface area contributed by atoms with Crippen LogP contribution in [0.4, 0.5) is 9.18 Å². The van der Waals surface area contributed by atoms with Crippen molar-refractivity contribution in [3.05, 3.63) is 80.2 Å². The number of halogens is 3. The summed E-state index contributed by atoms with van der Waals surface area (Å²) in [6.45, 7) is 3.56. The summed E-state index contributed by atoms with van der Waals surface area (Å²) >= 11 is 13.4. The normalized spacial score (nSPS) is 19.5. The minimum absolute atomic E-state index is 0.0537. The zero-order valence-corrected chi connectivity index (χ0v) is 23.6. The summed E-state index contributed by atoms with van der Waals surface area (Å²) in [6.07, 6.45) is 0.0870. The fraction of sp³-hybridized carbons (Fsp3) is 0.357. The van der Waals surface area contributed by atoms with Gasteiger partial charge in [-0.3, -0.25) is 4.79 Å². The average Bonchev–Trinajstić information content (AvgIpc) is 3.59. The summed E-state index contributed by atoms with van der Waals surface area (Å²) in [5.41, 5.74) is 0.921. The Morgan fingerprint density at radius 2 is 1.79 bits per heavy atom. The Morgan fingerprint density at radius 3 is 2.46 bits per heavy atom. The van der Waals surface area contributed by atoms with E-state index in [1.165, 1.54) is 36.6 Å². The molecule has 2 aliphatic heterocycles. The molecule has 2 unspecified atom stereocenters. The molecule has 206 valence electrons. The van der Waals surface area contributed by atoms with Crippen molar-refractivity contribution in [1.82, 2.24) is 15.1 Å². The van der Waals surface area contributed by atoms with E-state index < -0.39 is 11.9 Å². The molecule has 2 saturated heterocycles. The number of nitrogens with one attached hydrogen (secondary N) is 1. The van der Waals surface area contributed by atoms with Gasteiger partial charge in [0.05, 0.1) is 23.7 Å². The molecule has 0 saturated carbocycles. The number of rotatable bonds is 8. The molecule has 0 bridgehead atoms. The molecular weight excluding hydrogens is 564 g/mol. The van der Waals surface area contributed by atoms with Crippen molar-refractivity contribution in [1.29, 1.82) is 0 Å². The molecule has 0 radical (unpaired) electrons. The lowest BCUT2D eigenvalue weighted by molar-refractivity contribution is 0.0769. The zero-order valence-electron chi connectivity index (χ0n) is 21.2. The molecule has 7 nitrogen and oxygen atoms in total. The monoisotopic (exact) mass is 591 g/mol. The van der Waals surface area contributed by atoms with Crippen LogP contribution >= 0.6 is 34.5 Å². The van der Waals surface area contributed by atoms with Gasteiger partial charge in [-0.1, -0.05) is 59.6 Å². The van der Waals surface area contributed by atoms with Crippen LogP contribution in [0.25, 0.3) is 0 Å². The maximum Gasteiger partial charge on any atom is 0.413 e. The third kappa shape index (κ3) is 6.17. The lowest BCUT2D eigenvalue weighted by Gasteiger charge is -2.25. The van der Waals surface area contributed by atoms with E-state index in [4.69, 9.17) is 32.7 Å². The Labute approximate surface area is 240 Å². The van der Waals surface area contributed by atoms with Gasteiger partial charge in [0.1, 0.15) is 10.2 Å². The number of carbonyl (C=O) groups excluding carboxylic acids is 2. The Bertz CT molecular complexity index is 1310. The van der Waals surface area contributed by atoms with Gasteiger partial charge in [0.2, 0.25) is 0 Å². The van der Waals surface area contributed by atoms with Crippen LogP contribution in [0.2, 0.25) is 9.36 Å². The highest BCUT2D eigenvalue weighted by atomic mass is 35.5. The van der Waals surface area contributed by atoms with Crippen LogP contribution in [0, 0.1) is 17.7 Å². The second kappa shape index (κ2) is 12.1. The van der Waals surface area contributed by atoms with Crippen molar-refractivity contribution >= 4 is 46.5 Å². The van der Waals surface area contributed by atoms with E-state index in [1.807, 2.05) is 30.3 Å². The van der Waals surface area contributed by atoms with E-state index in [0.717, 1.165) is 25.2 Å². The van der Waals surface area contributed by atoms with Crippen LogP contribution < -0.4 is 14.8 Å². The number of nitrogens with zero attached hydrogens (tertiary/aromatic N) is 2. The highest BCUT2D eigenvalue weighted by Crippen LogP contribution is 2.41. The summed E-state index contributed by atoms with van der Waals surface area (Å²) in [7, 11) is 1.47. The number of benzene rings is 2. The van der Waals surface area contributed by atoms with Crippen molar-refractivity contribution in [3.63, 3.8) is 0 Å². The molecule has 39 heavy (non-hydrogen) atoms. The standard InChI is InChI=1S/C28H28Cl2FN3O4S/c1-37-25-23(16-39-26(25)30)38-28(36)32-22(17-6-3-2-4-7-17)10-11-33-12-18-14-34(15-19(18)13-33)27(35)24-20(29)8-5-9-21(24)31/h2-9,16,18-19,22H,10-15H2,1H3,(H,32,36)/t18-,19?,22?/m0/s1. The van der Waals surface area contributed by atoms with Crippen LogP contribution in [0.15, 0.2) is 53.9 Å². The molecule has 0 aliphatic carbocycles. The Morgan fingerprint density at radius 1 is 1.08 bits per heavy atom. The van der Waals surface area contributed by atoms with Crippen LogP contribution in [-0.2, 0) is 0 Å². The van der Waals surface area contributed by atoms with Gasteiger partial charge in [-0.05, 0) is 36.0 Å².